The molecule has 0 spiro atoms. The van der Waals surface area contributed by atoms with Crippen LogP contribution in [0.15, 0.2) is 24.3 Å². The minimum Gasteiger partial charge on any atom is -0.174 e. The standard InChI is InChI=1S/C7H7I.CHF3/c1-6-2-4-7(8)5-3-6;2-1(3)4/h2-5H,1H3;1H. The van der Waals surface area contributed by atoms with Gasteiger partial charge >= 0.3 is 6.68 Å². The van der Waals surface area contributed by atoms with Crippen LogP contribution in [0.25, 0.3) is 0 Å². The van der Waals surface area contributed by atoms with Gasteiger partial charge in [0.2, 0.25) is 0 Å². The molecule has 4 heteroatoms. The van der Waals surface area contributed by atoms with E-state index in [0.717, 1.165) is 0 Å². The lowest BCUT2D eigenvalue weighted by Gasteiger charge is -1.88. The summed E-state index contributed by atoms with van der Waals surface area (Å²) in [5.41, 5.74) is 1.32. The molecule has 0 aliphatic heterocycles. The zero-order chi connectivity index (χ0) is 9.56. The lowest BCUT2D eigenvalue weighted by atomic mass is 10.2. The Balaban J connectivity index is 0.000000261. The minimum atomic E-state index is -3.67. The quantitative estimate of drug-likeness (QED) is 0.637. The number of benzene rings is 1. The van der Waals surface area contributed by atoms with Gasteiger partial charge in [-0.1, -0.05) is 17.7 Å². The molecule has 0 aliphatic rings. The van der Waals surface area contributed by atoms with Gasteiger partial charge in [-0.2, -0.15) is 13.2 Å². The molecule has 0 saturated carbocycles. The summed E-state index contributed by atoms with van der Waals surface area (Å²) in [4.78, 5) is 0. The van der Waals surface area contributed by atoms with Crippen molar-refractivity contribution in [1.82, 2.24) is 0 Å². The van der Waals surface area contributed by atoms with Gasteiger partial charge in [0.05, 0.1) is 0 Å². The van der Waals surface area contributed by atoms with Crippen LogP contribution in [-0.4, -0.2) is 6.68 Å². The van der Waals surface area contributed by atoms with Crippen molar-refractivity contribution in [2.75, 3.05) is 0 Å². The summed E-state index contributed by atoms with van der Waals surface area (Å²) < 4.78 is 30.3. The summed E-state index contributed by atoms with van der Waals surface area (Å²) in [7, 11) is 0. The molecule has 1 rings (SSSR count). The molecule has 0 amide bonds. The van der Waals surface area contributed by atoms with Crippen molar-refractivity contribution in [1.29, 1.82) is 0 Å². The highest BCUT2D eigenvalue weighted by Crippen LogP contribution is 2.04. The highest BCUT2D eigenvalue weighted by Gasteiger charge is 1.86. The third-order valence-electron chi connectivity index (χ3n) is 1.01. The molecule has 0 unspecified atom stereocenters. The van der Waals surface area contributed by atoms with Crippen LogP contribution in [0.3, 0.4) is 0 Å². The average molecular weight is 288 g/mol. The fraction of sp³-hybridized carbons (Fsp3) is 0.250. The average Bonchev–Trinajstić information content (AvgIpc) is 1.94. The molecule has 0 bridgehead atoms. The van der Waals surface area contributed by atoms with Crippen LogP contribution in [0, 0.1) is 10.5 Å². The summed E-state index contributed by atoms with van der Waals surface area (Å²) in [5.74, 6) is 0. The first-order valence-electron chi connectivity index (χ1n) is 3.17. The van der Waals surface area contributed by atoms with Crippen LogP contribution in [0.2, 0.25) is 0 Å². The van der Waals surface area contributed by atoms with Crippen LogP contribution in [0.4, 0.5) is 13.2 Å². The second-order valence-corrected chi connectivity index (χ2v) is 3.29. The van der Waals surface area contributed by atoms with Crippen molar-refractivity contribution >= 4 is 22.6 Å². The Bertz CT molecular complexity index is 184. The van der Waals surface area contributed by atoms with Crippen molar-refractivity contribution < 1.29 is 13.2 Å². The molecule has 68 valence electrons. The first kappa shape index (κ1) is 11.7. The van der Waals surface area contributed by atoms with Crippen LogP contribution in [0.1, 0.15) is 5.56 Å². The van der Waals surface area contributed by atoms with Gasteiger partial charge < -0.3 is 0 Å². The monoisotopic (exact) mass is 288 g/mol. The van der Waals surface area contributed by atoms with Gasteiger partial charge in [-0.25, -0.2) is 0 Å². The van der Waals surface area contributed by atoms with Crippen molar-refractivity contribution in [3.63, 3.8) is 0 Å². The highest BCUT2D eigenvalue weighted by molar-refractivity contribution is 14.1. The molecular formula is C8H8F3I. The lowest BCUT2D eigenvalue weighted by Crippen LogP contribution is -1.69. The highest BCUT2D eigenvalue weighted by atomic mass is 127. The molecule has 0 saturated heterocycles. The van der Waals surface area contributed by atoms with E-state index in [-0.39, 0.29) is 0 Å². The van der Waals surface area contributed by atoms with Crippen LogP contribution in [0.5, 0.6) is 0 Å². The maximum Gasteiger partial charge on any atom is 0.379 e. The smallest absolute Gasteiger partial charge is 0.174 e. The van der Waals surface area contributed by atoms with E-state index in [2.05, 4.69) is 53.8 Å². The number of aryl methyl sites for hydroxylation is 1. The van der Waals surface area contributed by atoms with Crippen LogP contribution < -0.4 is 0 Å². The van der Waals surface area contributed by atoms with E-state index in [4.69, 9.17) is 0 Å². The van der Waals surface area contributed by atoms with Gasteiger partial charge in [-0.15, -0.1) is 0 Å². The molecule has 0 fully saturated rings. The van der Waals surface area contributed by atoms with E-state index in [1.807, 2.05) is 0 Å². The van der Waals surface area contributed by atoms with E-state index >= 15 is 0 Å². The number of hydrogen-bond acceptors (Lipinski definition) is 0. The molecule has 0 radical (unpaired) electrons. The lowest BCUT2D eigenvalue weighted by molar-refractivity contribution is 0.00819. The summed E-state index contributed by atoms with van der Waals surface area (Å²) in [6, 6.07) is 8.44. The molecule has 0 heterocycles. The van der Waals surface area contributed by atoms with Crippen molar-refractivity contribution in [3.8, 4) is 0 Å². The predicted octanol–water partition coefficient (Wildman–Crippen LogP) is 3.78. The summed E-state index contributed by atoms with van der Waals surface area (Å²) in [6.45, 7) is -1.57. The summed E-state index contributed by atoms with van der Waals surface area (Å²) in [6.07, 6.45) is 0. The van der Waals surface area contributed by atoms with E-state index < -0.39 is 6.68 Å². The summed E-state index contributed by atoms with van der Waals surface area (Å²) >= 11 is 2.30. The largest absolute Gasteiger partial charge is 0.379 e. The Morgan fingerprint density at radius 2 is 1.42 bits per heavy atom. The molecule has 1 aromatic rings. The number of hydrogen-bond donors (Lipinski definition) is 0. The van der Waals surface area contributed by atoms with Gasteiger partial charge in [0.15, 0.2) is 0 Å². The maximum atomic E-state index is 9.67. The Hall–Kier alpha value is -0.260. The molecular weight excluding hydrogens is 280 g/mol. The number of alkyl halides is 3. The third-order valence-corrected chi connectivity index (χ3v) is 1.73. The van der Waals surface area contributed by atoms with Gasteiger partial charge in [-0.3, -0.25) is 0 Å². The fourth-order valence-corrected chi connectivity index (χ4v) is 0.893. The molecule has 0 N–H and O–H groups in total. The minimum absolute atomic E-state index is 1.30. The van der Waals surface area contributed by atoms with Gasteiger partial charge in [0, 0.05) is 3.57 Å². The molecule has 0 aromatic heterocycles. The topological polar surface area (TPSA) is 0 Å². The fourth-order valence-electron chi connectivity index (χ4n) is 0.533. The zero-order valence-corrected chi connectivity index (χ0v) is 8.56. The molecule has 0 atom stereocenters. The normalized spacial score (nSPS) is 9.17. The van der Waals surface area contributed by atoms with Crippen molar-refractivity contribution in [2.24, 2.45) is 0 Å². The van der Waals surface area contributed by atoms with Crippen molar-refractivity contribution in [2.45, 2.75) is 13.6 Å². The second kappa shape index (κ2) is 6.28. The first-order valence-corrected chi connectivity index (χ1v) is 4.24. The van der Waals surface area contributed by atoms with Gasteiger partial charge in [0.1, 0.15) is 0 Å². The Morgan fingerprint density at radius 1 is 1.08 bits per heavy atom. The van der Waals surface area contributed by atoms with Crippen molar-refractivity contribution in [3.05, 3.63) is 33.4 Å². The molecule has 1 aromatic carbocycles. The molecule has 0 nitrogen and oxygen atoms in total. The zero-order valence-electron chi connectivity index (χ0n) is 6.40. The van der Waals surface area contributed by atoms with E-state index in [9.17, 15) is 13.2 Å². The van der Waals surface area contributed by atoms with Gasteiger partial charge in [0.25, 0.3) is 0 Å². The summed E-state index contributed by atoms with van der Waals surface area (Å²) in [5, 5.41) is 0. The van der Waals surface area contributed by atoms with E-state index in [1.54, 1.807) is 0 Å². The van der Waals surface area contributed by atoms with Crippen LogP contribution >= 0.6 is 22.6 Å². The van der Waals surface area contributed by atoms with Crippen LogP contribution in [-0.2, 0) is 0 Å². The van der Waals surface area contributed by atoms with Gasteiger partial charge in [-0.05, 0) is 41.6 Å². The Labute approximate surface area is 82.9 Å². The third kappa shape index (κ3) is 7.84. The first-order chi connectivity index (χ1) is 5.52. The molecule has 0 aliphatic carbocycles. The van der Waals surface area contributed by atoms with E-state index in [0.29, 0.717) is 0 Å². The van der Waals surface area contributed by atoms with E-state index in [1.165, 1.54) is 9.13 Å². The Morgan fingerprint density at radius 3 is 1.67 bits per heavy atom. The second-order valence-electron chi connectivity index (χ2n) is 2.04. The SMILES string of the molecule is Cc1ccc(I)cc1.FC(F)F. The number of rotatable bonds is 0. The Kier molecular flexibility index (Phi) is 6.14. The number of halogens is 4. The maximum absolute atomic E-state index is 9.67. The molecule has 12 heavy (non-hydrogen) atoms. The predicted molar refractivity (Wildman–Crippen MR) is 51.0 cm³/mol.